The molecule has 2 heterocycles. The number of hydrogen-bond acceptors (Lipinski definition) is 4. The number of aromatic amines is 1. The normalized spacial score (nSPS) is 11.6. The molecule has 0 aliphatic carbocycles. The van der Waals surface area contributed by atoms with Crippen LogP contribution in [0.2, 0.25) is 5.02 Å². The van der Waals surface area contributed by atoms with Crippen molar-refractivity contribution in [1.82, 2.24) is 14.3 Å². The molecule has 0 bridgehead atoms. The van der Waals surface area contributed by atoms with Gasteiger partial charge in [0.05, 0.1) is 11.4 Å². The number of benzene rings is 3. The molecule has 0 atom stereocenters. The Hall–Kier alpha value is -3.80. The van der Waals surface area contributed by atoms with Crippen molar-refractivity contribution in [3.63, 3.8) is 0 Å². The van der Waals surface area contributed by atoms with Crippen LogP contribution in [0.4, 0.5) is 8.78 Å². The zero-order valence-corrected chi connectivity index (χ0v) is 22.9. The Morgan fingerprint density at radius 1 is 1.03 bits per heavy atom. The van der Waals surface area contributed by atoms with Crippen molar-refractivity contribution >= 4 is 54.4 Å². The maximum absolute atomic E-state index is 14.7. The van der Waals surface area contributed by atoms with Crippen molar-refractivity contribution in [1.29, 1.82) is 0 Å². The Balaban J connectivity index is 1.78. The quantitative estimate of drug-likeness (QED) is 0.245. The van der Waals surface area contributed by atoms with E-state index in [0.29, 0.717) is 15.4 Å². The molecule has 0 saturated carbocycles. The number of carbonyl (C=O) groups is 1. The van der Waals surface area contributed by atoms with Gasteiger partial charge in [-0.25, -0.2) is 21.9 Å². The molecular formula is C27H17BrClF2N3O4S. The van der Waals surface area contributed by atoms with Gasteiger partial charge in [0.1, 0.15) is 17.3 Å². The van der Waals surface area contributed by atoms with Gasteiger partial charge in [-0.3, -0.25) is 9.59 Å². The maximum atomic E-state index is 14.7. The summed E-state index contributed by atoms with van der Waals surface area (Å²) in [4.78, 5) is 29.0. The minimum Gasteiger partial charge on any atom is -0.331 e. The summed E-state index contributed by atoms with van der Waals surface area (Å²) in [5.74, 6) is -2.52. The highest BCUT2D eigenvalue weighted by molar-refractivity contribution is 9.10. The highest BCUT2D eigenvalue weighted by Gasteiger charge is 2.29. The van der Waals surface area contributed by atoms with Gasteiger partial charge in [0.2, 0.25) is 0 Å². The van der Waals surface area contributed by atoms with E-state index in [9.17, 15) is 26.8 Å². The third kappa shape index (κ3) is 5.25. The van der Waals surface area contributed by atoms with Gasteiger partial charge in [0, 0.05) is 43.3 Å². The molecule has 0 saturated heterocycles. The minimum atomic E-state index is -4.36. The number of sulfonamides is 1. The monoisotopic (exact) mass is 631 g/mol. The first kappa shape index (κ1) is 26.8. The van der Waals surface area contributed by atoms with Crippen molar-refractivity contribution in [2.75, 3.05) is 0 Å². The van der Waals surface area contributed by atoms with Crippen molar-refractivity contribution < 1.29 is 22.0 Å². The number of carbonyl (C=O) groups excluding carboxylic acids is 1. The van der Waals surface area contributed by atoms with Crippen LogP contribution in [0.3, 0.4) is 0 Å². The third-order valence-electron chi connectivity index (χ3n) is 6.02. The molecule has 2 aromatic heterocycles. The molecule has 7 nitrogen and oxygen atoms in total. The van der Waals surface area contributed by atoms with Crippen LogP contribution in [0.15, 0.2) is 93.2 Å². The molecule has 198 valence electrons. The van der Waals surface area contributed by atoms with E-state index >= 15 is 0 Å². The molecule has 0 radical (unpaired) electrons. The number of hydrogen-bond donors (Lipinski definition) is 2. The second kappa shape index (κ2) is 10.4. The molecule has 0 spiro atoms. The fourth-order valence-corrected chi connectivity index (χ4v) is 5.69. The summed E-state index contributed by atoms with van der Waals surface area (Å²) in [6, 6.07) is 16.1. The fourth-order valence-electron chi connectivity index (χ4n) is 4.30. The number of H-pyrrole nitrogens is 1. The van der Waals surface area contributed by atoms with Gasteiger partial charge in [-0.05, 0) is 72.8 Å². The molecule has 0 aliphatic heterocycles. The largest absolute Gasteiger partial charge is 0.331 e. The van der Waals surface area contributed by atoms with E-state index in [2.05, 4.69) is 20.9 Å². The highest BCUT2D eigenvalue weighted by atomic mass is 79.9. The molecular weight excluding hydrogens is 616 g/mol. The van der Waals surface area contributed by atoms with Crippen molar-refractivity contribution in [2.24, 2.45) is 0 Å². The number of aromatic nitrogens is 2. The molecule has 0 fully saturated rings. The molecule has 12 heteroatoms. The van der Waals surface area contributed by atoms with Crippen LogP contribution in [0.25, 0.3) is 22.0 Å². The number of amides is 1. The second-order valence-electron chi connectivity index (χ2n) is 8.51. The molecule has 39 heavy (non-hydrogen) atoms. The molecule has 0 unspecified atom stereocenters. The highest BCUT2D eigenvalue weighted by Crippen LogP contribution is 2.36. The molecule has 5 aromatic rings. The number of nitrogens with one attached hydrogen (secondary N) is 2. The van der Waals surface area contributed by atoms with Crippen LogP contribution < -0.4 is 10.3 Å². The molecule has 0 aliphatic rings. The standard InChI is InChI=1S/C27H17BrClF2N3O4S/c28-16-3-7-19(8-4-16)39(37,38)33-27(36)25-24(20-2-1-11-32-26(20)35)21-13-17(29)5-10-23(21)34(25)14-15-12-18(30)6-9-22(15)31/h1-13H,14H2,(H,32,35)(H,33,36). The van der Waals surface area contributed by atoms with Gasteiger partial charge in [-0.1, -0.05) is 27.5 Å². The van der Waals surface area contributed by atoms with Gasteiger partial charge in [-0.2, -0.15) is 0 Å². The fraction of sp³-hybridized carbons (Fsp3) is 0.0370. The minimum absolute atomic E-state index is 0.0504. The van der Waals surface area contributed by atoms with Crippen LogP contribution >= 0.6 is 27.5 Å². The van der Waals surface area contributed by atoms with Crippen molar-refractivity contribution in [2.45, 2.75) is 11.4 Å². The van der Waals surface area contributed by atoms with Crippen LogP contribution in [-0.4, -0.2) is 23.9 Å². The lowest BCUT2D eigenvalue weighted by molar-refractivity contribution is 0.0974. The topological polar surface area (TPSA) is 101 Å². The third-order valence-corrected chi connectivity index (χ3v) is 8.13. The lowest BCUT2D eigenvalue weighted by Gasteiger charge is -2.14. The summed E-state index contributed by atoms with van der Waals surface area (Å²) in [6.45, 7) is -0.354. The SMILES string of the molecule is O=C(NS(=O)(=O)c1ccc(Br)cc1)c1c(-c2ccc[nH]c2=O)c2cc(Cl)ccc2n1Cc1cc(F)ccc1F. The number of pyridine rings is 1. The summed E-state index contributed by atoms with van der Waals surface area (Å²) in [5, 5.41) is 0.613. The van der Waals surface area contributed by atoms with Gasteiger partial charge in [0.15, 0.2) is 0 Å². The lowest BCUT2D eigenvalue weighted by Crippen LogP contribution is -2.33. The van der Waals surface area contributed by atoms with Crippen LogP contribution in [0, 0.1) is 11.6 Å². The van der Waals surface area contributed by atoms with Crippen LogP contribution in [0.5, 0.6) is 0 Å². The predicted octanol–water partition coefficient (Wildman–Crippen LogP) is 5.86. The summed E-state index contributed by atoms with van der Waals surface area (Å²) in [6.07, 6.45) is 1.40. The second-order valence-corrected chi connectivity index (χ2v) is 11.5. The van der Waals surface area contributed by atoms with E-state index in [1.807, 2.05) is 4.72 Å². The number of halogens is 4. The van der Waals surface area contributed by atoms with Crippen molar-refractivity contribution in [3.8, 4) is 11.1 Å². The average molecular weight is 633 g/mol. The Labute approximate surface area is 234 Å². The molecule has 3 aromatic carbocycles. The summed E-state index contributed by atoms with van der Waals surface area (Å²) in [5.41, 5.74) is -0.441. The average Bonchev–Trinajstić information content (AvgIpc) is 3.19. The first-order valence-corrected chi connectivity index (χ1v) is 14.0. The van der Waals surface area contributed by atoms with Crippen LogP contribution in [-0.2, 0) is 16.6 Å². The maximum Gasteiger partial charge on any atom is 0.282 e. The van der Waals surface area contributed by atoms with E-state index < -0.39 is 33.1 Å². The first-order chi connectivity index (χ1) is 18.5. The Morgan fingerprint density at radius 3 is 2.49 bits per heavy atom. The number of fused-ring (bicyclic) bond motifs is 1. The molecule has 1 amide bonds. The molecule has 5 rings (SSSR count). The number of rotatable bonds is 6. The summed E-state index contributed by atoms with van der Waals surface area (Å²) in [7, 11) is -4.36. The Kier molecular flexibility index (Phi) is 7.15. The lowest BCUT2D eigenvalue weighted by atomic mass is 10.0. The summed E-state index contributed by atoms with van der Waals surface area (Å²) >= 11 is 9.49. The first-order valence-electron chi connectivity index (χ1n) is 11.3. The van der Waals surface area contributed by atoms with E-state index in [0.717, 1.165) is 18.2 Å². The van der Waals surface area contributed by atoms with E-state index in [4.69, 9.17) is 11.6 Å². The zero-order valence-electron chi connectivity index (χ0n) is 19.7. The zero-order chi connectivity index (χ0) is 27.9. The Bertz CT molecular complexity index is 1920. The predicted molar refractivity (Wildman–Crippen MR) is 147 cm³/mol. The van der Waals surface area contributed by atoms with Gasteiger partial charge in [-0.15, -0.1) is 0 Å². The smallest absolute Gasteiger partial charge is 0.282 e. The van der Waals surface area contributed by atoms with Crippen LogP contribution in [0.1, 0.15) is 16.1 Å². The van der Waals surface area contributed by atoms with Crippen molar-refractivity contribution in [3.05, 3.63) is 122 Å². The summed E-state index contributed by atoms with van der Waals surface area (Å²) < 4.78 is 59.0. The number of nitrogens with zero attached hydrogens (tertiary/aromatic N) is 1. The Morgan fingerprint density at radius 2 is 1.77 bits per heavy atom. The van der Waals surface area contributed by atoms with E-state index in [-0.39, 0.29) is 38.8 Å². The van der Waals surface area contributed by atoms with Gasteiger partial charge in [0.25, 0.3) is 21.5 Å². The van der Waals surface area contributed by atoms with E-state index in [1.165, 1.54) is 59.3 Å². The van der Waals surface area contributed by atoms with Gasteiger partial charge < -0.3 is 9.55 Å². The van der Waals surface area contributed by atoms with Gasteiger partial charge >= 0.3 is 0 Å². The molecule has 2 N–H and O–H groups in total. The van der Waals surface area contributed by atoms with E-state index in [1.54, 1.807) is 6.07 Å².